The Hall–Kier alpha value is -7.14. The number of nitrogens with zero attached hydrogens (tertiary/aromatic N) is 3. The molecule has 2 aliphatic rings. The van der Waals surface area contributed by atoms with Gasteiger partial charge in [-0.3, -0.25) is 0 Å². The molecule has 3 nitrogen and oxygen atoms in total. The quantitative estimate of drug-likeness (QED) is 0.179. The normalized spacial score (nSPS) is 13.2. The molecule has 1 spiro atoms. The lowest BCUT2D eigenvalue weighted by Crippen LogP contribution is -2.32. The molecule has 0 unspecified atom stereocenters. The second-order valence-corrected chi connectivity index (χ2v) is 16.1. The summed E-state index contributed by atoms with van der Waals surface area (Å²) in [5.41, 5.74) is 12.1. The second-order valence-electron chi connectivity index (χ2n) is 15.1. The summed E-state index contributed by atoms with van der Waals surface area (Å²) in [5, 5.41) is 5.04. The van der Waals surface area contributed by atoms with Crippen LogP contribution < -0.4 is 0 Å². The minimum absolute atomic E-state index is 0.572. The van der Waals surface area contributed by atoms with Gasteiger partial charge in [0.25, 0.3) is 0 Å². The second kappa shape index (κ2) is 13.0. The lowest BCUT2D eigenvalue weighted by atomic mass is 9.66. The Morgan fingerprint density at radius 3 is 1.43 bits per heavy atom. The highest BCUT2D eigenvalue weighted by molar-refractivity contribution is 8.00. The van der Waals surface area contributed by atoms with E-state index in [4.69, 9.17) is 15.0 Å². The van der Waals surface area contributed by atoms with Gasteiger partial charge in [0.05, 0.1) is 5.41 Å². The molecular weight excluding hydrogens is 723 g/mol. The zero-order valence-electron chi connectivity index (χ0n) is 31.3. The maximum atomic E-state index is 5.33. The Bertz CT molecular complexity index is 3160. The van der Waals surface area contributed by atoms with Crippen LogP contribution in [0.3, 0.4) is 0 Å². The van der Waals surface area contributed by atoms with Crippen molar-refractivity contribution in [2.24, 2.45) is 0 Å². The zero-order valence-corrected chi connectivity index (χ0v) is 32.1. The molecule has 270 valence electrons. The smallest absolute Gasteiger partial charge is 0.164 e. The molecule has 1 aliphatic heterocycles. The molecule has 0 bridgehead atoms. The van der Waals surface area contributed by atoms with E-state index in [1.807, 2.05) is 36.0 Å². The van der Waals surface area contributed by atoms with Crippen LogP contribution in [-0.4, -0.2) is 15.0 Å². The fourth-order valence-corrected chi connectivity index (χ4v) is 10.9. The van der Waals surface area contributed by atoms with Crippen LogP contribution in [0.15, 0.2) is 210 Å². The largest absolute Gasteiger partial charge is 0.208 e. The van der Waals surface area contributed by atoms with Crippen molar-refractivity contribution in [2.75, 3.05) is 0 Å². The van der Waals surface area contributed by atoms with Gasteiger partial charge in [0.15, 0.2) is 17.5 Å². The minimum atomic E-state index is -0.572. The summed E-state index contributed by atoms with van der Waals surface area (Å²) in [6, 6.07) is 72.0. The highest BCUT2D eigenvalue weighted by Crippen LogP contribution is 2.64. The first-order valence-electron chi connectivity index (χ1n) is 19.7. The third-order valence-corrected chi connectivity index (χ3v) is 13.3. The third kappa shape index (κ3) is 4.85. The average molecular weight is 756 g/mol. The molecule has 0 amide bonds. The van der Waals surface area contributed by atoms with Crippen LogP contribution in [0.1, 0.15) is 22.3 Å². The summed E-state index contributed by atoms with van der Waals surface area (Å²) >= 11 is 1.92. The molecular formula is C54H33N3S. The fraction of sp³-hybridized carbons (Fsp3) is 0.0185. The van der Waals surface area contributed by atoms with Crippen LogP contribution in [0.25, 0.3) is 78.0 Å². The lowest BCUT2D eigenvalue weighted by molar-refractivity contribution is 0.729. The Kier molecular flexibility index (Phi) is 7.38. The van der Waals surface area contributed by atoms with Crippen molar-refractivity contribution in [1.82, 2.24) is 15.0 Å². The van der Waals surface area contributed by atoms with Gasteiger partial charge in [0.2, 0.25) is 0 Å². The van der Waals surface area contributed by atoms with Gasteiger partial charge in [-0.05, 0) is 66.1 Å². The molecule has 4 heteroatoms. The predicted octanol–water partition coefficient (Wildman–Crippen LogP) is 13.7. The standard InChI is InChI=1S/C54H33N3S/c1-3-14-34(15-4-1)35-26-28-39(29-27-35)52-55-51(38-18-5-2-6-19-38)56-53(57-52)43-23-13-25-45-48(43)42-22-11-12-24-44(42)54(45)46-32-30-36-16-7-9-20-40(36)49(46)58-50-41-21-10-8-17-37(41)31-33-47(50)54/h1-33H. The maximum Gasteiger partial charge on any atom is 0.164 e. The molecule has 10 aromatic rings. The molecule has 9 aromatic carbocycles. The first-order valence-corrected chi connectivity index (χ1v) is 20.5. The molecule has 0 saturated carbocycles. The average Bonchev–Trinajstić information content (AvgIpc) is 3.60. The molecule has 58 heavy (non-hydrogen) atoms. The van der Waals surface area contributed by atoms with Crippen LogP contribution in [0.4, 0.5) is 0 Å². The van der Waals surface area contributed by atoms with Crippen molar-refractivity contribution in [3.05, 3.63) is 222 Å². The van der Waals surface area contributed by atoms with E-state index >= 15 is 0 Å². The highest BCUT2D eigenvalue weighted by Gasteiger charge is 2.51. The van der Waals surface area contributed by atoms with Gasteiger partial charge < -0.3 is 0 Å². The Labute approximate surface area is 340 Å². The molecule has 0 N–H and O–H groups in total. The van der Waals surface area contributed by atoms with Gasteiger partial charge in [0.1, 0.15) is 0 Å². The van der Waals surface area contributed by atoms with E-state index in [-0.39, 0.29) is 0 Å². The maximum absolute atomic E-state index is 5.33. The Morgan fingerprint density at radius 1 is 0.310 bits per heavy atom. The summed E-state index contributed by atoms with van der Waals surface area (Å²) in [6.45, 7) is 0. The van der Waals surface area contributed by atoms with Gasteiger partial charge >= 0.3 is 0 Å². The summed E-state index contributed by atoms with van der Waals surface area (Å²) in [5.74, 6) is 1.95. The van der Waals surface area contributed by atoms with Gasteiger partial charge in [-0.1, -0.05) is 212 Å². The Balaban J connectivity index is 1.14. The van der Waals surface area contributed by atoms with Crippen molar-refractivity contribution >= 4 is 33.3 Å². The highest BCUT2D eigenvalue weighted by atomic mass is 32.2. The molecule has 0 atom stereocenters. The van der Waals surface area contributed by atoms with Crippen LogP contribution in [-0.2, 0) is 5.41 Å². The summed E-state index contributed by atoms with van der Waals surface area (Å²) in [4.78, 5) is 18.4. The van der Waals surface area contributed by atoms with Crippen molar-refractivity contribution in [3.63, 3.8) is 0 Å². The number of hydrogen-bond donors (Lipinski definition) is 0. The van der Waals surface area contributed by atoms with E-state index in [0.29, 0.717) is 17.5 Å². The molecule has 0 radical (unpaired) electrons. The van der Waals surface area contributed by atoms with E-state index in [1.165, 1.54) is 70.3 Å². The first-order chi connectivity index (χ1) is 28.8. The third-order valence-electron chi connectivity index (χ3n) is 12.0. The van der Waals surface area contributed by atoms with Crippen LogP contribution in [0.5, 0.6) is 0 Å². The summed E-state index contributed by atoms with van der Waals surface area (Å²) in [6.07, 6.45) is 0. The lowest BCUT2D eigenvalue weighted by Gasteiger charge is -2.40. The number of aromatic nitrogens is 3. The van der Waals surface area contributed by atoms with Crippen LogP contribution >= 0.6 is 11.8 Å². The van der Waals surface area contributed by atoms with E-state index in [0.717, 1.165) is 22.3 Å². The molecule has 12 rings (SSSR count). The van der Waals surface area contributed by atoms with Gasteiger partial charge in [-0.2, -0.15) is 0 Å². The first kappa shape index (κ1) is 33.0. The van der Waals surface area contributed by atoms with Crippen molar-refractivity contribution in [1.29, 1.82) is 0 Å². The minimum Gasteiger partial charge on any atom is -0.208 e. The fourth-order valence-electron chi connectivity index (χ4n) is 9.42. The van der Waals surface area contributed by atoms with Crippen molar-refractivity contribution in [2.45, 2.75) is 15.2 Å². The molecule has 1 aromatic heterocycles. The van der Waals surface area contributed by atoms with Gasteiger partial charge in [-0.15, -0.1) is 0 Å². The van der Waals surface area contributed by atoms with Gasteiger partial charge in [0, 0.05) is 26.5 Å². The van der Waals surface area contributed by atoms with Crippen LogP contribution in [0, 0.1) is 0 Å². The van der Waals surface area contributed by atoms with E-state index in [2.05, 4.69) is 176 Å². The monoisotopic (exact) mass is 755 g/mol. The number of benzene rings is 9. The molecule has 0 saturated heterocycles. The topological polar surface area (TPSA) is 38.7 Å². The summed E-state index contributed by atoms with van der Waals surface area (Å²) < 4.78 is 0. The van der Waals surface area contributed by atoms with Crippen molar-refractivity contribution < 1.29 is 0 Å². The number of fused-ring (bicyclic) bond motifs is 13. The summed E-state index contributed by atoms with van der Waals surface area (Å²) in [7, 11) is 0. The van der Waals surface area contributed by atoms with E-state index in [1.54, 1.807) is 0 Å². The SMILES string of the molecule is c1ccc(-c2ccc(-c3nc(-c4ccccc4)nc(-c4cccc5c4-c4ccccc4C54c5ccc6ccccc6c5Sc5c4ccc4ccccc54)n3)cc2)cc1. The Morgan fingerprint density at radius 2 is 0.776 bits per heavy atom. The zero-order chi connectivity index (χ0) is 38.2. The molecule has 1 aliphatic carbocycles. The number of hydrogen-bond acceptors (Lipinski definition) is 4. The van der Waals surface area contributed by atoms with Crippen molar-refractivity contribution in [3.8, 4) is 56.4 Å². The van der Waals surface area contributed by atoms with E-state index in [9.17, 15) is 0 Å². The molecule has 0 fully saturated rings. The van der Waals surface area contributed by atoms with E-state index < -0.39 is 5.41 Å². The number of rotatable bonds is 4. The van der Waals surface area contributed by atoms with Crippen LogP contribution in [0.2, 0.25) is 0 Å². The van der Waals surface area contributed by atoms with Gasteiger partial charge in [-0.25, -0.2) is 15.0 Å². The predicted molar refractivity (Wildman–Crippen MR) is 238 cm³/mol. The molecule has 2 heterocycles.